The van der Waals surface area contributed by atoms with Gasteiger partial charge >= 0.3 is 13.5 Å². The Morgan fingerprint density at radius 1 is 1.70 bits per heavy atom. The average molecular weight is 357 g/mol. The van der Waals surface area contributed by atoms with Gasteiger partial charge in [0.1, 0.15) is 12.7 Å². The normalized spacial score (nSPS) is 33.7. The minimum absolute atomic E-state index is 0.00166. The number of halogens is 1. The smallest absolute Gasteiger partial charge is 0.388 e. The molecule has 0 aliphatic carbocycles. The maximum absolute atomic E-state index is 14.8. The van der Waals surface area contributed by atoms with Crippen LogP contribution in [0.15, 0.2) is 15.8 Å². The highest BCUT2D eigenvalue weighted by Gasteiger charge is 2.49. The SMILES string of the molecule is [2H]C([2H])(OP(=O)(O)O)[C@]1(F)C[C@@H](O)[C@]([2H])(n2cc(C=O)c(=O)[nH]c2=O)O1. The number of H-pyrrole nitrogens is 1. The van der Waals surface area contributed by atoms with Crippen molar-refractivity contribution in [2.24, 2.45) is 0 Å². The molecule has 0 aromatic carbocycles. The van der Waals surface area contributed by atoms with Crippen LogP contribution < -0.4 is 11.2 Å². The van der Waals surface area contributed by atoms with Gasteiger partial charge in [-0.15, -0.1) is 0 Å². The van der Waals surface area contributed by atoms with E-state index in [0.29, 0.717) is 6.20 Å². The fourth-order valence-corrected chi connectivity index (χ4v) is 2.00. The van der Waals surface area contributed by atoms with Gasteiger partial charge in [-0.3, -0.25) is 23.7 Å². The Hall–Kier alpha value is -1.69. The van der Waals surface area contributed by atoms with E-state index >= 15 is 0 Å². The van der Waals surface area contributed by atoms with E-state index < -0.39 is 55.8 Å². The van der Waals surface area contributed by atoms with Gasteiger partial charge in [0.2, 0.25) is 5.85 Å². The predicted molar refractivity (Wildman–Crippen MR) is 69.3 cm³/mol. The van der Waals surface area contributed by atoms with Gasteiger partial charge in [0, 0.05) is 12.6 Å². The van der Waals surface area contributed by atoms with Crippen molar-refractivity contribution in [3.63, 3.8) is 0 Å². The molecule has 1 aromatic heterocycles. The predicted octanol–water partition coefficient (Wildman–Crippen LogP) is -1.60. The monoisotopic (exact) mass is 357 g/mol. The van der Waals surface area contributed by atoms with E-state index in [1.54, 1.807) is 4.98 Å². The van der Waals surface area contributed by atoms with Gasteiger partial charge in [0.05, 0.1) is 9.68 Å². The second kappa shape index (κ2) is 6.07. The molecule has 23 heavy (non-hydrogen) atoms. The van der Waals surface area contributed by atoms with E-state index in [2.05, 4.69) is 9.26 Å². The van der Waals surface area contributed by atoms with E-state index in [9.17, 15) is 28.4 Å². The summed E-state index contributed by atoms with van der Waals surface area (Å²) in [5, 5.41) is 9.95. The third-order valence-corrected chi connectivity index (χ3v) is 2.99. The number of ether oxygens (including phenoxy) is 1. The molecule has 2 heterocycles. The van der Waals surface area contributed by atoms with Crippen LogP contribution in [0.25, 0.3) is 0 Å². The number of nitrogens with zero attached hydrogens (tertiary/aromatic N) is 1. The zero-order chi connectivity index (χ0) is 20.1. The number of aromatic amines is 1. The molecular formula is C10H12FN2O9P. The fourth-order valence-electron chi connectivity index (χ4n) is 1.74. The first-order valence-corrected chi connectivity index (χ1v) is 7.33. The van der Waals surface area contributed by atoms with Crippen LogP contribution in [-0.4, -0.2) is 49.2 Å². The van der Waals surface area contributed by atoms with Gasteiger partial charge in [0.25, 0.3) is 5.56 Å². The van der Waals surface area contributed by atoms with Crippen molar-refractivity contribution in [2.45, 2.75) is 24.6 Å². The number of aliphatic hydroxyl groups is 1. The number of phosphoric ester groups is 1. The molecule has 4 N–H and O–H groups in total. The van der Waals surface area contributed by atoms with Gasteiger partial charge in [-0.25, -0.2) is 13.8 Å². The van der Waals surface area contributed by atoms with Crippen LogP contribution in [0, 0.1) is 0 Å². The van der Waals surface area contributed by atoms with E-state index in [1.165, 1.54) is 0 Å². The number of aliphatic hydroxyl groups excluding tert-OH is 1. The molecule has 0 bridgehead atoms. The molecule has 0 saturated carbocycles. The summed E-state index contributed by atoms with van der Waals surface area (Å²) in [4.78, 5) is 53.0. The Morgan fingerprint density at radius 3 is 2.91 bits per heavy atom. The summed E-state index contributed by atoms with van der Waals surface area (Å²) < 4.78 is 56.6. The van der Waals surface area contributed by atoms with Crippen LogP contribution >= 0.6 is 7.82 Å². The minimum atomic E-state index is -5.54. The molecule has 1 aliphatic heterocycles. The fraction of sp³-hybridized carbons (Fsp3) is 0.500. The molecule has 128 valence electrons. The van der Waals surface area contributed by atoms with Gasteiger partial charge in [0.15, 0.2) is 12.5 Å². The molecule has 1 saturated heterocycles. The highest BCUT2D eigenvalue weighted by atomic mass is 31.2. The van der Waals surface area contributed by atoms with Gasteiger partial charge in [-0.2, -0.15) is 0 Å². The summed E-state index contributed by atoms with van der Waals surface area (Å²) in [6.45, 7) is -3.84. The maximum atomic E-state index is 14.8. The Kier molecular flexibility index (Phi) is 3.62. The standard InChI is InChI=1S/C10H12FN2O9P/c11-10(4-21-23(18,19)20)1-6(15)8(22-10)13-2-5(3-14)7(16)12-9(13)17/h2-3,6,8,15H,1,4H2,(H,12,16,17)(H2,18,19,20)/t6-,8-,10+/m1/s1/i4D2,8D. The lowest BCUT2D eigenvalue weighted by Crippen LogP contribution is -2.37. The van der Waals surface area contributed by atoms with Crippen LogP contribution in [0.1, 0.15) is 27.1 Å². The minimum Gasteiger partial charge on any atom is -0.388 e. The van der Waals surface area contributed by atoms with E-state index in [4.69, 9.17) is 13.9 Å². The molecule has 3 atom stereocenters. The largest absolute Gasteiger partial charge is 0.469 e. The highest BCUT2D eigenvalue weighted by Crippen LogP contribution is 2.42. The van der Waals surface area contributed by atoms with Crippen LogP contribution in [0.3, 0.4) is 0 Å². The number of aromatic nitrogens is 2. The number of phosphoric acid groups is 1. The van der Waals surface area contributed by atoms with Crippen molar-refractivity contribution in [1.29, 1.82) is 0 Å². The Bertz CT molecular complexity index is 900. The molecule has 1 fully saturated rings. The van der Waals surface area contributed by atoms with E-state index in [0.717, 1.165) is 0 Å². The van der Waals surface area contributed by atoms with Crippen molar-refractivity contribution in [3.05, 3.63) is 32.6 Å². The first kappa shape index (κ1) is 13.7. The molecule has 0 radical (unpaired) electrons. The van der Waals surface area contributed by atoms with Crippen molar-refractivity contribution in [2.75, 3.05) is 6.56 Å². The third kappa shape index (κ3) is 3.99. The quantitative estimate of drug-likeness (QED) is 0.358. The van der Waals surface area contributed by atoms with Crippen molar-refractivity contribution < 1.29 is 42.0 Å². The molecule has 11 nitrogen and oxygen atoms in total. The molecule has 2 rings (SSSR count). The van der Waals surface area contributed by atoms with E-state index in [1.807, 2.05) is 0 Å². The summed E-state index contributed by atoms with van der Waals surface area (Å²) in [5.41, 5.74) is -3.21. The third-order valence-electron chi connectivity index (χ3n) is 2.66. The number of alkyl halides is 1. The van der Waals surface area contributed by atoms with Gasteiger partial charge in [-0.05, 0) is 0 Å². The summed E-state index contributed by atoms with van der Waals surface area (Å²) in [6, 6.07) is 0. The lowest BCUT2D eigenvalue weighted by atomic mass is 10.2. The van der Waals surface area contributed by atoms with Crippen molar-refractivity contribution in [3.8, 4) is 0 Å². The lowest BCUT2D eigenvalue weighted by molar-refractivity contribution is -0.178. The van der Waals surface area contributed by atoms with Gasteiger partial charge < -0.3 is 19.6 Å². The molecule has 13 heteroatoms. The number of nitrogens with one attached hydrogen (secondary N) is 1. The average Bonchev–Trinajstić information content (AvgIpc) is 2.68. The molecule has 1 aliphatic rings. The van der Waals surface area contributed by atoms with Crippen LogP contribution in [-0.2, 0) is 13.8 Å². The topological polar surface area (TPSA) is 168 Å². The molecule has 0 amide bonds. The van der Waals surface area contributed by atoms with Crippen LogP contribution in [0.5, 0.6) is 0 Å². The Balaban J connectivity index is 2.53. The summed E-state index contributed by atoms with van der Waals surface area (Å²) in [7, 11) is -5.54. The lowest BCUT2D eigenvalue weighted by Gasteiger charge is -2.21. The Morgan fingerprint density at radius 2 is 2.35 bits per heavy atom. The molecular weight excluding hydrogens is 342 g/mol. The number of aldehydes is 1. The number of hydrogen-bond acceptors (Lipinski definition) is 7. The Labute approximate surface area is 130 Å². The molecule has 1 aromatic rings. The zero-order valence-electron chi connectivity index (χ0n) is 14.0. The summed E-state index contributed by atoms with van der Waals surface area (Å²) in [5.74, 6) is -3.77. The second-order valence-corrected chi connectivity index (χ2v) is 5.57. The zero-order valence-corrected chi connectivity index (χ0v) is 11.9. The number of rotatable bonds is 5. The molecule has 0 unspecified atom stereocenters. The number of hydrogen-bond donors (Lipinski definition) is 4. The summed E-state index contributed by atoms with van der Waals surface area (Å²) >= 11 is 0. The first-order valence-electron chi connectivity index (χ1n) is 7.30. The highest BCUT2D eigenvalue weighted by molar-refractivity contribution is 7.46. The van der Waals surface area contributed by atoms with Crippen molar-refractivity contribution >= 4 is 14.1 Å². The second-order valence-electron chi connectivity index (χ2n) is 4.40. The molecule has 0 spiro atoms. The van der Waals surface area contributed by atoms with Gasteiger partial charge in [-0.1, -0.05) is 0 Å². The first-order chi connectivity index (χ1) is 11.7. The van der Waals surface area contributed by atoms with Crippen LogP contribution in [0.2, 0.25) is 0 Å². The van der Waals surface area contributed by atoms with E-state index in [-0.39, 0.29) is 10.9 Å². The van der Waals surface area contributed by atoms with Crippen molar-refractivity contribution in [1.82, 2.24) is 9.55 Å². The van der Waals surface area contributed by atoms with Crippen LogP contribution in [0.4, 0.5) is 4.39 Å². The maximum Gasteiger partial charge on any atom is 0.469 e. The summed E-state index contributed by atoms with van der Waals surface area (Å²) in [6.07, 6.45) is -6.23. The number of carbonyl (C=O) groups is 1. The number of carbonyl (C=O) groups excluding carboxylic acids is 1.